The van der Waals surface area contributed by atoms with E-state index in [1.165, 1.54) is 0 Å². The molecule has 27 heavy (non-hydrogen) atoms. The van der Waals surface area contributed by atoms with Gasteiger partial charge in [-0.2, -0.15) is 0 Å². The first-order valence-corrected chi connectivity index (χ1v) is 9.54. The molecule has 2 unspecified atom stereocenters. The summed E-state index contributed by atoms with van der Waals surface area (Å²) < 4.78 is 43.6. The summed E-state index contributed by atoms with van der Waals surface area (Å²) in [7, 11) is -1.90. The normalized spacial score (nSPS) is 13.9. The van der Waals surface area contributed by atoms with E-state index in [-0.39, 0.29) is 77.6 Å². The third-order valence-corrected chi connectivity index (χ3v) is 4.65. The van der Waals surface area contributed by atoms with Crippen LogP contribution in [-0.2, 0) is 10.3 Å². The summed E-state index contributed by atoms with van der Waals surface area (Å²) in [6.07, 6.45) is -1.84. The molecule has 2 N–H and O–H groups in total. The van der Waals surface area contributed by atoms with Gasteiger partial charge in [-0.05, 0) is 30.8 Å². The zero-order valence-electron chi connectivity index (χ0n) is 16.2. The topological polar surface area (TPSA) is 123 Å². The van der Waals surface area contributed by atoms with E-state index in [0.29, 0.717) is 22.3 Å². The van der Waals surface area contributed by atoms with Gasteiger partial charge in [-0.1, -0.05) is 6.92 Å². The Morgan fingerprint density at radius 3 is 2.07 bits per heavy atom. The number of hydrogen-bond donors (Lipinski definition) is 2. The predicted octanol–water partition coefficient (Wildman–Crippen LogP) is -3.49. The van der Waals surface area contributed by atoms with Gasteiger partial charge in [-0.25, -0.2) is 12.7 Å². The van der Waals surface area contributed by atoms with E-state index in [2.05, 4.69) is 0 Å². The van der Waals surface area contributed by atoms with Gasteiger partial charge in [0.15, 0.2) is 10.3 Å². The number of benzene rings is 1. The summed E-state index contributed by atoms with van der Waals surface area (Å²) in [4.78, 5) is 1.75. The van der Waals surface area contributed by atoms with Crippen molar-refractivity contribution < 1.29 is 84.0 Å². The summed E-state index contributed by atoms with van der Waals surface area (Å²) in [5.74, 6) is 1.30. The number of likely N-dealkylation sites (N-methyl/N-ethyl adjacent to an activating group) is 2. The van der Waals surface area contributed by atoms with Crippen molar-refractivity contribution in [2.75, 3.05) is 46.9 Å². The van der Waals surface area contributed by atoms with Gasteiger partial charge >= 0.3 is 51.4 Å². The quantitative estimate of drug-likeness (QED) is 0.259. The molecule has 0 aromatic heterocycles. The second kappa shape index (κ2) is 13.4. The van der Waals surface area contributed by atoms with E-state index in [0.717, 1.165) is 7.05 Å². The molecule has 1 aromatic rings. The number of nitrogens with zero attached hydrogens (tertiary/aromatic N) is 2. The van der Waals surface area contributed by atoms with Crippen molar-refractivity contribution in [2.45, 2.75) is 19.1 Å². The molecule has 1 aromatic carbocycles. The molecule has 11 heteroatoms. The number of rotatable bonds is 12. The molecule has 1 rings (SSSR count). The minimum absolute atomic E-state index is 0. The van der Waals surface area contributed by atoms with Gasteiger partial charge < -0.3 is 24.2 Å². The second-order valence-corrected chi connectivity index (χ2v) is 7.36. The van der Waals surface area contributed by atoms with Gasteiger partial charge in [0.1, 0.15) is 24.2 Å². The zero-order chi connectivity index (χ0) is 19.7. The van der Waals surface area contributed by atoms with E-state index in [1.807, 2.05) is 6.92 Å². The van der Waals surface area contributed by atoms with Crippen LogP contribution in [-0.4, -0.2) is 91.5 Å². The maximum atomic E-state index is 10.8. The van der Waals surface area contributed by atoms with E-state index in [4.69, 9.17) is 9.47 Å². The molecular weight excluding hydrogens is 403 g/mol. The average molecular weight is 431 g/mol. The Balaban J connectivity index is 0.00000676. The van der Waals surface area contributed by atoms with E-state index >= 15 is 0 Å². The molecular formula is C16H27KN2O7S. The number of methoxy groups -OCH3 is 1. The monoisotopic (exact) mass is 430 g/mol. The fourth-order valence-electron chi connectivity index (χ4n) is 2.29. The summed E-state index contributed by atoms with van der Waals surface area (Å²) in [5, 5.41) is 20.1. The summed E-state index contributed by atoms with van der Waals surface area (Å²) in [5.41, 5.74) is 0. The first kappa shape index (κ1) is 27.2. The van der Waals surface area contributed by atoms with Gasteiger partial charge in [0.25, 0.3) is 0 Å². The molecule has 0 fully saturated rings. The Morgan fingerprint density at radius 2 is 1.59 bits per heavy atom. The first-order chi connectivity index (χ1) is 12.2. The van der Waals surface area contributed by atoms with Crippen LogP contribution in [0.15, 0.2) is 24.3 Å². The minimum Gasteiger partial charge on any atom is -0.735 e. The molecule has 2 atom stereocenters. The Labute approximate surface area is 203 Å². The van der Waals surface area contributed by atoms with E-state index < -0.39 is 22.5 Å². The van der Waals surface area contributed by atoms with Crippen molar-refractivity contribution in [3.8, 4) is 11.5 Å². The zero-order valence-corrected chi connectivity index (χ0v) is 20.2. The molecule has 0 aliphatic carbocycles. The van der Waals surface area contributed by atoms with Gasteiger partial charge in [-0.15, -0.1) is 0 Å². The van der Waals surface area contributed by atoms with Crippen molar-refractivity contribution in [1.29, 1.82) is 0 Å². The van der Waals surface area contributed by atoms with Crippen LogP contribution in [0.2, 0.25) is 0 Å². The van der Waals surface area contributed by atoms with Crippen molar-refractivity contribution >= 4 is 10.3 Å². The molecule has 150 valence electrons. The van der Waals surface area contributed by atoms with Crippen molar-refractivity contribution in [1.82, 2.24) is 9.21 Å². The van der Waals surface area contributed by atoms with Gasteiger partial charge in [-0.3, -0.25) is 4.90 Å². The first-order valence-electron chi connectivity index (χ1n) is 8.18. The molecule has 0 aliphatic rings. The third kappa shape index (κ3) is 11.1. The predicted molar refractivity (Wildman–Crippen MR) is 94.9 cm³/mol. The van der Waals surface area contributed by atoms with Crippen LogP contribution in [0.4, 0.5) is 0 Å². The van der Waals surface area contributed by atoms with Crippen LogP contribution < -0.4 is 60.9 Å². The summed E-state index contributed by atoms with van der Waals surface area (Å²) in [6.45, 7) is 2.49. The largest absolute Gasteiger partial charge is 1.00 e. The van der Waals surface area contributed by atoms with Crippen LogP contribution in [0.5, 0.6) is 11.5 Å². The van der Waals surface area contributed by atoms with Crippen LogP contribution >= 0.6 is 0 Å². The average Bonchev–Trinajstić information content (AvgIpc) is 2.58. The van der Waals surface area contributed by atoms with Crippen LogP contribution in [0, 0.1) is 0 Å². The summed E-state index contributed by atoms with van der Waals surface area (Å²) >= 11 is 0. The Hall–Kier alpha value is 0.206. The van der Waals surface area contributed by atoms with Gasteiger partial charge in [0.2, 0.25) is 0 Å². The van der Waals surface area contributed by atoms with Crippen LogP contribution in [0.3, 0.4) is 0 Å². The molecule has 9 nitrogen and oxygen atoms in total. The fourth-order valence-corrected chi connectivity index (χ4v) is 2.65. The number of ether oxygens (including phenoxy) is 2. The second-order valence-electron chi connectivity index (χ2n) is 5.88. The molecule has 0 saturated carbocycles. The molecule has 0 heterocycles. The molecule has 0 aliphatic heterocycles. The molecule has 0 spiro atoms. The maximum absolute atomic E-state index is 10.8. The fraction of sp³-hybridized carbons (Fsp3) is 0.625. The van der Waals surface area contributed by atoms with Gasteiger partial charge in [0.05, 0.1) is 13.2 Å². The van der Waals surface area contributed by atoms with E-state index in [1.54, 1.807) is 36.3 Å². The Kier molecular flexibility index (Phi) is 13.5. The number of hydrogen-bond acceptors (Lipinski definition) is 8. The third-order valence-electron chi connectivity index (χ3n) is 3.74. The Morgan fingerprint density at radius 1 is 1.07 bits per heavy atom. The standard InChI is InChI=1S/C16H28N2O7S.K/c1-4-18(10-13(19)9-17(2)26(21,22)23)11-14(20)12-25-16-7-5-15(24-3)6-8-16;/h5-8,13-14,19-20H,4,9-12H2,1-3H3,(H,21,22,23);/q;+1/p-1. The van der Waals surface area contributed by atoms with Crippen LogP contribution in [0.1, 0.15) is 6.92 Å². The smallest absolute Gasteiger partial charge is 0.735 e. The van der Waals surface area contributed by atoms with Crippen molar-refractivity contribution in [2.24, 2.45) is 0 Å². The van der Waals surface area contributed by atoms with Crippen molar-refractivity contribution in [3.63, 3.8) is 0 Å². The molecule has 0 amide bonds. The Bertz CT molecular complexity index is 630. The number of aliphatic hydroxyl groups excluding tert-OH is 2. The van der Waals surface area contributed by atoms with Gasteiger partial charge in [0, 0.05) is 26.7 Å². The van der Waals surface area contributed by atoms with Crippen molar-refractivity contribution in [3.05, 3.63) is 24.3 Å². The number of aliphatic hydroxyl groups is 2. The molecule has 0 saturated heterocycles. The van der Waals surface area contributed by atoms with Crippen LogP contribution in [0.25, 0.3) is 0 Å². The SMILES string of the molecule is CCN(CC(O)COc1ccc(OC)cc1)CC(O)CN(C)S(=O)(=O)[O-].[K+]. The van der Waals surface area contributed by atoms with E-state index in [9.17, 15) is 23.2 Å². The minimum atomic E-state index is -4.58. The molecule has 0 radical (unpaired) electrons. The molecule has 0 bridgehead atoms. The summed E-state index contributed by atoms with van der Waals surface area (Å²) in [6, 6.07) is 6.95. The maximum Gasteiger partial charge on any atom is 1.00 e.